The number of hydrogen-bond acceptors (Lipinski definition) is 1. The molecule has 1 aliphatic heterocycles. The second-order valence-corrected chi connectivity index (χ2v) is 4.73. The third-order valence-corrected chi connectivity index (χ3v) is 3.46. The van der Waals surface area contributed by atoms with Crippen LogP contribution in [0.25, 0.3) is 0 Å². The zero-order chi connectivity index (χ0) is 9.76. The topological polar surface area (TPSA) is 12.0 Å². The van der Waals surface area contributed by atoms with Crippen LogP contribution in [0.15, 0.2) is 30.5 Å². The van der Waals surface area contributed by atoms with Gasteiger partial charge in [-0.05, 0) is 43.4 Å². The summed E-state index contributed by atoms with van der Waals surface area (Å²) in [6, 6.07) is 6.74. The second kappa shape index (κ2) is 2.41. The number of fused-ring (bicyclic) bond motifs is 2. The van der Waals surface area contributed by atoms with E-state index in [0.29, 0.717) is 5.41 Å². The minimum Gasteiger partial charge on any atom is -0.359 e. The highest BCUT2D eigenvalue weighted by Gasteiger charge is 2.47. The number of hydrogen-bond donors (Lipinski definition) is 1. The molecule has 72 valence electrons. The van der Waals surface area contributed by atoms with Crippen molar-refractivity contribution >= 4 is 5.69 Å². The molecule has 2 aliphatic rings. The second-order valence-electron chi connectivity index (χ2n) is 4.73. The Labute approximate surface area is 84.8 Å². The standard InChI is InChI=1S/C13H15N/c1-9-3-4-11-12(7-9)14-10(2)8-13(11)5-6-13/h3-4,7,14H,2,5-6,8H2,1H3. The number of allylic oxidation sites excluding steroid dienone is 1. The van der Waals surface area contributed by atoms with Crippen LogP contribution in [-0.4, -0.2) is 0 Å². The Kier molecular flexibility index (Phi) is 1.40. The molecule has 0 saturated heterocycles. The minimum atomic E-state index is 0.464. The molecule has 1 fully saturated rings. The van der Waals surface area contributed by atoms with Crippen LogP contribution in [0.4, 0.5) is 5.69 Å². The van der Waals surface area contributed by atoms with Crippen molar-refractivity contribution in [1.82, 2.24) is 0 Å². The van der Waals surface area contributed by atoms with Gasteiger partial charge in [-0.25, -0.2) is 0 Å². The van der Waals surface area contributed by atoms with Crippen molar-refractivity contribution in [3.05, 3.63) is 41.6 Å². The number of aryl methyl sites for hydroxylation is 1. The lowest BCUT2D eigenvalue weighted by Gasteiger charge is -2.28. The first kappa shape index (κ1) is 8.10. The average molecular weight is 185 g/mol. The molecule has 0 aromatic heterocycles. The highest BCUT2D eigenvalue weighted by atomic mass is 14.9. The summed E-state index contributed by atoms with van der Waals surface area (Å²) >= 11 is 0. The lowest BCUT2D eigenvalue weighted by atomic mass is 9.86. The molecule has 0 radical (unpaired) electrons. The first-order valence-corrected chi connectivity index (χ1v) is 5.26. The summed E-state index contributed by atoms with van der Waals surface area (Å²) in [4.78, 5) is 0. The molecule has 1 aliphatic carbocycles. The third kappa shape index (κ3) is 1.02. The predicted octanol–water partition coefficient (Wildman–Crippen LogP) is 3.36. The number of anilines is 1. The summed E-state index contributed by atoms with van der Waals surface area (Å²) in [6.07, 6.45) is 3.80. The molecule has 0 unspecified atom stereocenters. The van der Waals surface area contributed by atoms with Gasteiger partial charge in [0.25, 0.3) is 0 Å². The van der Waals surface area contributed by atoms with Gasteiger partial charge in [-0.2, -0.15) is 0 Å². The monoisotopic (exact) mass is 185 g/mol. The van der Waals surface area contributed by atoms with E-state index in [4.69, 9.17) is 0 Å². The molecule has 0 atom stereocenters. The van der Waals surface area contributed by atoms with Crippen LogP contribution in [0, 0.1) is 6.92 Å². The summed E-state index contributed by atoms with van der Waals surface area (Å²) in [6.45, 7) is 6.21. The smallest absolute Gasteiger partial charge is 0.0422 e. The fourth-order valence-corrected chi connectivity index (χ4v) is 2.56. The molecule has 1 nitrogen and oxygen atoms in total. The molecule has 1 N–H and O–H groups in total. The summed E-state index contributed by atoms with van der Waals surface area (Å²) in [5, 5.41) is 3.40. The fourth-order valence-electron chi connectivity index (χ4n) is 2.56. The first-order chi connectivity index (χ1) is 6.70. The molecule has 1 heterocycles. The maximum atomic E-state index is 4.07. The average Bonchev–Trinajstić information content (AvgIpc) is 2.84. The van der Waals surface area contributed by atoms with Crippen molar-refractivity contribution in [2.75, 3.05) is 5.32 Å². The van der Waals surface area contributed by atoms with Crippen molar-refractivity contribution < 1.29 is 0 Å². The van der Waals surface area contributed by atoms with Crippen LogP contribution in [-0.2, 0) is 5.41 Å². The van der Waals surface area contributed by atoms with E-state index < -0.39 is 0 Å². The molecule has 0 bridgehead atoms. The summed E-state index contributed by atoms with van der Waals surface area (Å²) < 4.78 is 0. The van der Waals surface area contributed by atoms with Crippen molar-refractivity contribution in [2.45, 2.75) is 31.6 Å². The largest absolute Gasteiger partial charge is 0.359 e. The Morgan fingerprint density at radius 3 is 2.86 bits per heavy atom. The first-order valence-electron chi connectivity index (χ1n) is 5.26. The van der Waals surface area contributed by atoms with Crippen molar-refractivity contribution in [3.63, 3.8) is 0 Å². The zero-order valence-corrected chi connectivity index (χ0v) is 8.56. The highest BCUT2D eigenvalue weighted by Crippen LogP contribution is 2.56. The van der Waals surface area contributed by atoms with Gasteiger partial charge in [0.05, 0.1) is 0 Å². The Hall–Kier alpha value is -1.24. The number of benzene rings is 1. The Morgan fingerprint density at radius 1 is 1.36 bits per heavy atom. The van der Waals surface area contributed by atoms with Gasteiger partial charge >= 0.3 is 0 Å². The Bertz CT molecular complexity index is 413. The van der Waals surface area contributed by atoms with Gasteiger partial charge in [-0.15, -0.1) is 0 Å². The quantitative estimate of drug-likeness (QED) is 0.653. The van der Waals surface area contributed by atoms with Gasteiger partial charge in [-0.1, -0.05) is 18.7 Å². The van der Waals surface area contributed by atoms with Gasteiger partial charge < -0.3 is 5.32 Å². The van der Waals surface area contributed by atoms with E-state index in [0.717, 1.165) is 6.42 Å². The van der Waals surface area contributed by atoms with Crippen LogP contribution < -0.4 is 5.32 Å². The van der Waals surface area contributed by atoms with Gasteiger partial charge in [0.15, 0.2) is 0 Å². The van der Waals surface area contributed by atoms with E-state index >= 15 is 0 Å². The molecule has 1 spiro atoms. The summed E-state index contributed by atoms with van der Waals surface area (Å²) in [7, 11) is 0. The van der Waals surface area contributed by atoms with Gasteiger partial charge in [0.1, 0.15) is 0 Å². The molecule has 1 saturated carbocycles. The normalized spacial score (nSPS) is 21.6. The molecular weight excluding hydrogens is 170 g/mol. The summed E-state index contributed by atoms with van der Waals surface area (Å²) in [5.74, 6) is 0. The highest BCUT2D eigenvalue weighted by molar-refractivity contribution is 5.64. The predicted molar refractivity (Wildman–Crippen MR) is 59.5 cm³/mol. The molecule has 14 heavy (non-hydrogen) atoms. The molecule has 0 amide bonds. The van der Waals surface area contributed by atoms with E-state index in [9.17, 15) is 0 Å². The third-order valence-electron chi connectivity index (χ3n) is 3.46. The van der Waals surface area contributed by atoms with Crippen LogP contribution in [0.5, 0.6) is 0 Å². The van der Waals surface area contributed by atoms with Crippen LogP contribution in [0.2, 0.25) is 0 Å². The molecule has 1 aromatic rings. The Balaban J connectivity index is 2.17. The lowest BCUT2D eigenvalue weighted by molar-refractivity contribution is 0.669. The number of nitrogens with one attached hydrogen (secondary N) is 1. The van der Waals surface area contributed by atoms with Gasteiger partial charge in [0, 0.05) is 16.8 Å². The van der Waals surface area contributed by atoms with E-state index in [2.05, 4.69) is 37.0 Å². The molecular formula is C13H15N. The minimum absolute atomic E-state index is 0.464. The van der Waals surface area contributed by atoms with Crippen molar-refractivity contribution in [3.8, 4) is 0 Å². The fraction of sp³-hybridized carbons (Fsp3) is 0.385. The van der Waals surface area contributed by atoms with Crippen molar-refractivity contribution in [2.24, 2.45) is 0 Å². The summed E-state index contributed by atoms with van der Waals surface area (Å²) in [5.41, 5.74) is 5.77. The maximum Gasteiger partial charge on any atom is 0.0422 e. The van der Waals surface area contributed by atoms with E-state index in [1.807, 2.05) is 0 Å². The van der Waals surface area contributed by atoms with Crippen LogP contribution >= 0.6 is 0 Å². The molecule has 1 heteroatoms. The van der Waals surface area contributed by atoms with Crippen molar-refractivity contribution in [1.29, 1.82) is 0 Å². The van der Waals surface area contributed by atoms with Gasteiger partial charge in [-0.3, -0.25) is 0 Å². The Morgan fingerprint density at radius 2 is 2.14 bits per heavy atom. The zero-order valence-electron chi connectivity index (χ0n) is 8.56. The van der Waals surface area contributed by atoms with E-state index in [1.165, 1.54) is 35.4 Å². The number of rotatable bonds is 0. The van der Waals surface area contributed by atoms with E-state index in [1.54, 1.807) is 0 Å². The lowest BCUT2D eigenvalue weighted by Crippen LogP contribution is -2.19. The van der Waals surface area contributed by atoms with Gasteiger partial charge in [0.2, 0.25) is 0 Å². The van der Waals surface area contributed by atoms with Crippen LogP contribution in [0.3, 0.4) is 0 Å². The van der Waals surface area contributed by atoms with Crippen LogP contribution in [0.1, 0.15) is 30.4 Å². The SMILES string of the molecule is C=C1CC2(CC2)c2ccc(C)cc2N1. The molecule has 1 aromatic carbocycles. The molecule has 3 rings (SSSR count). The van der Waals surface area contributed by atoms with E-state index in [-0.39, 0.29) is 0 Å². The maximum absolute atomic E-state index is 4.07.